The van der Waals surface area contributed by atoms with Gasteiger partial charge in [-0.2, -0.15) is 0 Å². The number of nitrogens with zero attached hydrogens (tertiary/aromatic N) is 5. The number of nitrogens with one attached hydrogen (secondary N) is 3. The van der Waals surface area contributed by atoms with E-state index in [4.69, 9.17) is 9.47 Å². The number of H-pyrrole nitrogens is 1. The first-order chi connectivity index (χ1) is 31.4. The van der Waals surface area contributed by atoms with Gasteiger partial charge in [0.1, 0.15) is 22.0 Å². The van der Waals surface area contributed by atoms with Crippen molar-refractivity contribution in [1.82, 2.24) is 24.6 Å². The van der Waals surface area contributed by atoms with Crippen LogP contribution in [-0.2, 0) is 14.8 Å². The molecule has 5 fully saturated rings. The molecule has 342 valence electrons. The van der Waals surface area contributed by atoms with Crippen molar-refractivity contribution in [3.05, 3.63) is 106 Å². The van der Waals surface area contributed by atoms with Gasteiger partial charge in [-0.1, -0.05) is 44.0 Å². The van der Waals surface area contributed by atoms with E-state index in [-0.39, 0.29) is 28.2 Å². The first-order valence-electron chi connectivity index (χ1n) is 23.3. The fourth-order valence-electron chi connectivity index (χ4n) is 10.9. The number of piperidine rings is 1. The SMILES string of the molecule is Cc1nc(NCC2CCC(C)CC2)c([N+](=O)[O-])cc1S(=O)(=O)NC(=O)c1ccc(N2CCC3(CC2)CC(N2CCOC[C@H]2c2ccccc2C2CC2)C3)cc1Oc1cnc2[nH]ccc2c1. The molecule has 15 nitrogen and oxygen atoms in total. The van der Waals surface area contributed by atoms with Crippen molar-refractivity contribution in [3.8, 4) is 11.5 Å². The van der Waals surface area contributed by atoms with Gasteiger partial charge in [0.05, 0.1) is 41.6 Å². The number of sulfonamides is 1. The van der Waals surface area contributed by atoms with Crippen molar-refractivity contribution in [1.29, 1.82) is 0 Å². The summed E-state index contributed by atoms with van der Waals surface area (Å²) >= 11 is 0. The average Bonchev–Trinajstić information content (AvgIpc) is 4.04. The van der Waals surface area contributed by atoms with E-state index in [1.807, 2.05) is 12.1 Å². The van der Waals surface area contributed by atoms with E-state index >= 15 is 0 Å². The second-order valence-corrected chi connectivity index (χ2v) is 20.9. The maximum atomic E-state index is 14.1. The standard InChI is InChI=1S/C49H58N8O7S/c1-31-7-9-33(10-8-31)28-51-47-42(57(59)60)25-45(32(2)53-47)65(61,62)54-48(58)41-14-13-36(24-44(41)64-38-23-35-15-18-50-46(35)52-29-38)55-19-16-49(17-20-55)26-37(27-49)56-21-22-63-30-43(56)40-6-4-3-5-39(40)34-11-12-34/h3-6,13-15,18,23-25,29,31,33-34,37,43H,7-12,16-17,19-22,26-28,30H2,1-2H3,(H,50,52)(H,51,53)(H,54,58)/t31?,33?,43-/m0/s1. The summed E-state index contributed by atoms with van der Waals surface area (Å²) in [4.78, 5) is 42.1. The maximum absolute atomic E-state index is 14.1. The summed E-state index contributed by atoms with van der Waals surface area (Å²) in [6, 6.07) is 19.6. The second-order valence-electron chi connectivity index (χ2n) is 19.3. The Balaban J connectivity index is 0.849. The molecule has 5 aliphatic rings. The van der Waals surface area contributed by atoms with Gasteiger partial charge >= 0.3 is 5.69 Å². The van der Waals surface area contributed by atoms with Crippen LogP contribution in [0.25, 0.3) is 11.0 Å². The third-order valence-corrected chi connectivity index (χ3v) is 16.4. The molecule has 1 atom stereocenters. The number of aromatic nitrogens is 3. The summed E-state index contributed by atoms with van der Waals surface area (Å²) in [6.45, 7) is 8.31. The average molecular weight is 903 g/mol. The second kappa shape index (κ2) is 17.7. The number of anilines is 2. The van der Waals surface area contributed by atoms with Gasteiger partial charge in [0.15, 0.2) is 0 Å². The highest BCUT2D eigenvalue weighted by Gasteiger charge is 2.50. The molecule has 0 bridgehead atoms. The molecule has 2 saturated heterocycles. The Bertz CT molecular complexity index is 2700. The number of amides is 1. The lowest BCUT2D eigenvalue weighted by Crippen LogP contribution is -2.58. The quantitative estimate of drug-likeness (QED) is 0.0754. The summed E-state index contributed by atoms with van der Waals surface area (Å²) < 4.78 is 42.5. The van der Waals surface area contributed by atoms with E-state index in [0.717, 1.165) is 101 Å². The highest BCUT2D eigenvalue weighted by molar-refractivity contribution is 7.90. The van der Waals surface area contributed by atoms with Gasteiger partial charge in [-0.3, -0.25) is 19.8 Å². The van der Waals surface area contributed by atoms with Crippen LogP contribution in [0.5, 0.6) is 11.5 Å². The van der Waals surface area contributed by atoms with Crippen molar-refractivity contribution in [2.24, 2.45) is 17.3 Å². The van der Waals surface area contributed by atoms with Crippen LogP contribution in [0.3, 0.4) is 0 Å². The van der Waals surface area contributed by atoms with Crippen LogP contribution in [0.2, 0.25) is 0 Å². The van der Waals surface area contributed by atoms with Gasteiger partial charge in [0.2, 0.25) is 5.82 Å². The number of rotatable bonds is 13. The fourth-order valence-corrected chi connectivity index (χ4v) is 12.1. The third-order valence-electron chi connectivity index (χ3n) is 14.9. The Morgan fingerprint density at radius 1 is 1.00 bits per heavy atom. The minimum Gasteiger partial charge on any atom is -0.455 e. The molecule has 0 unspecified atom stereocenters. The summed E-state index contributed by atoms with van der Waals surface area (Å²) in [7, 11) is -4.63. The molecule has 5 aromatic rings. The minimum absolute atomic E-state index is 0.00692. The van der Waals surface area contributed by atoms with E-state index in [1.165, 1.54) is 30.9 Å². The normalized spacial score (nSPS) is 22.7. The molecular formula is C49H58N8O7S. The van der Waals surface area contributed by atoms with Crippen molar-refractivity contribution >= 4 is 44.2 Å². The number of aryl methyl sites for hydroxylation is 1. The number of pyridine rings is 2. The molecule has 1 spiro atoms. The number of fused-ring (bicyclic) bond motifs is 1. The maximum Gasteiger partial charge on any atom is 0.312 e. The molecule has 3 N–H and O–H groups in total. The number of ether oxygens (including phenoxy) is 2. The van der Waals surface area contributed by atoms with Crippen LogP contribution in [0.4, 0.5) is 17.2 Å². The first kappa shape index (κ1) is 43.3. The Morgan fingerprint density at radius 3 is 2.52 bits per heavy atom. The first-order valence-corrected chi connectivity index (χ1v) is 24.8. The van der Waals surface area contributed by atoms with Crippen LogP contribution in [0.15, 0.2) is 78.0 Å². The topological polar surface area (TPSA) is 185 Å². The molecule has 65 heavy (non-hydrogen) atoms. The number of benzene rings is 2. The number of carbonyl (C=O) groups excluding carboxylic acids is 1. The number of aromatic amines is 1. The van der Waals surface area contributed by atoms with Gasteiger partial charge < -0.3 is 24.7 Å². The number of nitro groups is 1. The fraction of sp³-hybridized carbons (Fsp3) is 0.490. The zero-order chi connectivity index (χ0) is 44.9. The molecule has 5 heterocycles. The lowest BCUT2D eigenvalue weighted by Gasteiger charge is -2.57. The Hall–Kier alpha value is -5.58. The molecule has 2 aromatic carbocycles. The molecular weight excluding hydrogens is 845 g/mol. The van der Waals surface area contributed by atoms with Gasteiger partial charge in [0, 0.05) is 61.6 Å². The Morgan fingerprint density at radius 2 is 1.77 bits per heavy atom. The monoisotopic (exact) mass is 902 g/mol. The van der Waals surface area contributed by atoms with E-state index in [1.54, 1.807) is 30.6 Å². The van der Waals surface area contributed by atoms with Crippen LogP contribution in [0, 0.1) is 34.3 Å². The van der Waals surface area contributed by atoms with Crippen LogP contribution in [0.1, 0.15) is 110 Å². The molecule has 3 saturated carbocycles. The van der Waals surface area contributed by atoms with Crippen molar-refractivity contribution in [3.63, 3.8) is 0 Å². The van der Waals surface area contributed by atoms with Gasteiger partial charge in [-0.15, -0.1) is 0 Å². The predicted molar refractivity (Wildman–Crippen MR) is 248 cm³/mol. The summed E-state index contributed by atoms with van der Waals surface area (Å²) in [5, 5.41) is 16.1. The van der Waals surface area contributed by atoms with E-state index < -0.39 is 31.4 Å². The molecule has 3 aliphatic carbocycles. The zero-order valence-electron chi connectivity index (χ0n) is 37.1. The summed E-state index contributed by atoms with van der Waals surface area (Å²) in [6.07, 6.45) is 14.5. The highest BCUT2D eigenvalue weighted by atomic mass is 32.2. The lowest BCUT2D eigenvalue weighted by atomic mass is 9.59. The van der Waals surface area contributed by atoms with Gasteiger partial charge in [-0.25, -0.2) is 23.1 Å². The van der Waals surface area contributed by atoms with Crippen molar-refractivity contribution in [2.75, 3.05) is 49.6 Å². The molecule has 10 rings (SSSR count). The Kier molecular flexibility index (Phi) is 11.8. The number of morpholine rings is 1. The largest absolute Gasteiger partial charge is 0.455 e. The number of carbonyl (C=O) groups is 1. The Labute approximate surface area is 379 Å². The van der Waals surface area contributed by atoms with Crippen LogP contribution >= 0.6 is 0 Å². The van der Waals surface area contributed by atoms with Crippen molar-refractivity contribution < 1.29 is 27.6 Å². The molecule has 3 aromatic heterocycles. The predicted octanol–water partition coefficient (Wildman–Crippen LogP) is 9.02. The van der Waals surface area contributed by atoms with Gasteiger partial charge in [-0.05, 0) is 117 Å². The molecule has 1 amide bonds. The lowest BCUT2D eigenvalue weighted by molar-refractivity contribution is -0.384. The minimum atomic E-state index is -4.63. The van der Waals surface area contributed by atoms with E-state index in [2.05, 4.69) is 66.0 Å². The highest BCUT2D eigenvalue weighted by Crippen LogP contribution is 2.54. The number of hydrogen-bond acceptors (Lipinski definition) is 12. The van der Waals surface area contributed by atoms with E-state index in [9.17, 15) is 23.3 Å². The summed E-state index contributed by atoms with van der Waals surface area (Å²) in [5.74, 6) is 1.27. The third kappa shape index (κ3) is 9.04. The van der Waals surface area contributed by atoms with Crippen LogP contribution in [-0.4, -0.2) is 84.5 Å². The zero-order valence-corrected chi connectivity index (χ0v) is 37.9. The molecule has 2 aliphatic heterocycles. The summed E-state index contributed by atoms with van der Waals surface area (Å²) in [5.41, 5.74) is 4.27. The number of hydrogen-bond donors (Lipinski definition) is 3. The van der Waals surface area contributed by atoms with Crippen LogP contribution < -0.4 is 19.7 Å². The van der Waals surface area contributed by atoms with Gasteiger partial charge in [0.25, 0.3) is 15.9 Å². The molecule has 0 radical (unpaired) electrons. The van der Waals surface area contributed by atoms with Crippen molar-refractivity contribution in [2.45, 2.75) is 101 Å². The smallest absolute Gasteiger partial charge is 0.312 e. The van der Waals surface area contributed by atoms with E-state index in [0.29, 0.717) is 47.8 Å². The molecule has 16 heteroatoms.